The molecule has 1 aliphatic rings. The maximum Gasteiger partial charge on any atom is 0.325 e. The van der Waals surface area contributed by atoms with Crippen molar-refractivity contribution < 1.29 is 24.2 Å². The number of benzene rings is 1. The first-order chi connectivity index (χ1) is 10.2. The number of aliphatic imine (C=N–C) groups is 1. The van der Waals surface area contributed by atoms with Crippen molar-refractivity contribution in [3.05, 3.63) is 48.0 Å². The third-order valence-electron chi connectivity index (χ3n) is 2.77. The molecule has 0 saturated heterocycles. The number of esters is 1. The van der Waals surface area contributed by atoms with Gasteiger partial charge in [-0.1, -0.05) is 36.4 Å². The van der Waals surface area contributed by atoms with Crippen LogP contribution in [0.4, 0.5) is 0 Å². The Bertz CT molecular complexity index is 565. The summed E-state index contributed by atoms with van der Waals surface area (Å²) in [6, 6.07) is 9.28. The first kappa shape index (κ1) is 14.8. The van der Waals surface area contributed by atoms with E-state index >= 15 is 0 Å². The van der Waals surface area contributed by atoms with Crippen molar-refractivity contribution >= 4 is 17.8 Å². The lowest BCUT2D eigenvalue weighted by atomic mass is 10.1. The molecule has 2 rings (SSSR count). The van der Waals surface area contributed by atoms with E-state index in [0.717, 1.165) is 5.56 Å². The Labute approximate surface area is 121 Å². The highest BCUT2D eigenvalue weighted by Gasteiger charge is 2.27. The molecule has 1 heterocycles. The van der Waals surface area contributed by atoms with Crippen molar-refractivity contribution in [3.8, 4) is 0 Å². The molecule has 0 fully saturated rings. The molecule has 0 radical (unpaired) electrons. The second-order valence-corrected chi connectivity index (χ2v) is 4.36. The first-order valence-electron chi connectivity index (χ1n) is 6.43. The number of carbonyl (C=O) groups is 2. The van der Waals surface area contributed by atoms with Crippen LogP contribution in [0.2, 0.25) is 0 Å². The topological polar surface area (TPSA) is 85.2 Å². The van der Waals surface area contributed by atoms with Gasteiger partial charge in [0.25, 0.3) is 0 Å². The zero-order valence-corrected chi connectivity index (χ0v) is 11.3. The van der Waals surface area contributed by atoms with Gasteiger partial charge >= 0.3 is 11.9 Å². The van der Waals surface area contributed by atoms with Crippen molar-refractivity contribution in [1.29, 1.82) is 0 Å². The van der Waals surface area contributed by atoms with E-state index in [9.17, 15) is 9.59 Å². The van der Waals surface area contributed by atoms with Crippen molar-refractivity contribution in [2.24, 2.45) is 10.9 Å². The van der Waals surface area contributed by atoms with Gasteiger partial charge in [-0.25, -0.2) is 4.99 Å². The number of hydrogen-bond acceptors (Lipinski definition) is 5. The van der Waals surface area contributed by atoms with Crippen LogP contribution in [0.1, 0.15) is 5.56 Å². The maximum atomic E-state index is 12.0. The maximum absolute atomic E-state index is 12.0. The minimum absolute atomic E-state index is 0.0814. The molecule has 0 amide bonds. The lowest BCUT2D eigenvalue weighted by Gasteiger charge is -2.18. The summed E-state index contributed by atoms with van der Waals surface area (Å²) in [7, 11) is 0. The predicted octanol–water partition coefficient (Wildman–Crippen LogP) is 1.42. The van der Waals surface area contributed by atoms with Crippen LogP contribution < -0.4 is 0 Å². The van der Waals surface area contributed by atoms with Crippen LogP contribution in [0.3, 0.4) is 0 Å². The van der Waals surface area contributed by atoms with E-state index in [-0.39, 0.29) is 19.1 Å². The van der Waals surface area contributed by atoms with Gasteiger partial charge in [0.15, 0.2) is 5.92 Å². The summed E-state index contributed by atoms with van der Waals surface area (Å²) >= 11 is 0. The number of nitrogens with zero attached hydrogens (tertiary/aromatic N) is 1. The van der Waals surface area contributed by atoms with Crippen LogP contribution in [-0.4, -0.2) is 36.1 Å². The monoisotopic (exact) mass is 289 g/mol. The normalized spacial score (nSPS) is 19.0. The molecule has 21 heavy (non-hydrogen) atoms. The number of carboxylic acids is 1. The van der Waals surface area contributed by atoms with Gasteiger partial charge in [0.05, 0.1) is 0 Å². The Morgan fingerprint density at radius 2 is 2.10 bits per heavy atom. The van der Waals surface area contributed by atoms with E-state index in [2.05, 4.69) is 4.99 Å². The molecule has 0 aliphatic carbocycles. The predicted molar refractivity (Wildman–Crippen MR) is 74.8 cm³/mol. The second-order valence-electron chi connectivity index (χ2n) is 4.36. The van der Waals surface area contributed by atoms with E-state index in [1.165, 1.54) is 0 Å². The van der Waals surface area contributed by atoms with Gasteiger partial charge < -0.3 is 14.6 Å². The molecule has 0 aromatic heterocycles. The van der Waals surface area contributed by atoms with Crippen LogP contribution in [0.25, 0.3) is 0 Å². The van der Waals surface area contributed by atoms with Gasteiger partial charge in [0.2, 0.25) is 5.90 Å². The minimum atomic E-state index is -1.09. The lowest BCUT2D eigenvalue weighted by molar-refractivity contribution is -0.146. The molecule has 0 saturated carbocycles. The summed E-state index contributed by atoms with van der Waals surface area (Å²) in [5.41, 5.74) is 0.871. The largest absolute Gasteiger partial charge is 0.480 e. The molecule has 1 N–H and O–H groups in total. The zero-order valence-electron chi connectivity index (χ0n) is 11.3. The smallest absolute Gasteiger partial charge is 0.325 e. The molecule has 6 heteroatoms. The molecule has 0 spiro atoms. The van der Waals surface area contributed by atoms with Gasteiger partial charge in [-0.15, -0.1) is 0 Å². The number of carboxylic acid groups (broad SMARTS) is 1. The fraction of sp³-hybridized carbons (Fsp3) is 0.267. The first-order valence-corrected chi connectivity index (χ1v) is 6.43. The molecule has 1 aromatic rings. The van der Waals surface area contributed by atoms with E-state index in [0.29, 0.717) is 0 Å². The third kappa shape index (κ3) is 4.45. The molecular formula is C15H15NO5. The molecule has 0 bridgehead atoms. The van der Waals surface area contributed by atoms with Crippen LogP contribution in [0, 0.1) is 5.92 Å². The summed E-state index contributed by atoms with van der Waals surface area (Å²) in [6.45, 7) is -0.0250. The summed E-state index contributed by atoms with van der Waals surface area (Å²) in [6.07, 6.45) is 3.28. The Hall–Kier alpha value is -2.63. The molecule has 1 atom stereocenters. The van der Waals surface area contributed by atoms with E-state index in [4.69, 9.17) is 14.6 Å². The van der Waals surface area contributed by atoms with E-state index in [1.54, 1.807) is 12.2 Å². The SMILES string of the molecule is O=C(O)CN=C1OCC=CC1C(=O)OCc1ccccc1. The van der Waals surface area contributed by atoms with Crippen LogP contribution in [0.5, 0.6) is 0 Å². The van der Waals surface area contributed by atoms with Gasteiger partial charge in [0, 0.05) is 0 Å². The molecule has 1 aromatic carbocycles. The number of ether oxygens (including phenoxy) is 2. The molecule has 1 aliphatic heterocycles. The lowest BCUT2D eigenvalue weighted by Crippen LogP contribution is -2.30. The highest BCUT2D eigenvalue weighted by atomic mass is 16.5. The zero-order chi connectivity index (χ0) is 15.1. The Balaban J connectivity index is 1.98. The van der Waals surface area contributed by atoms with Crippen LogP contribution >= 0.6 is 0 Å². The number of rotatable bonds is 5. The minimum Gasteiger partial charge on any atom is -0.480 e. The summed E-state index contributed by atoms with van der Waals surface area (Å²) in [5.74, 6) is -2.31. The molecule has 110 valence electrons. The number of hydrogen-bond donors (Lipinski definition) is 1. The fourth-order valence-electron chi connectivity index (χ4n) is 1.78. The van der Waals surface area contributed by atoms with Crippen molar-refractivity contribution in [2.45, 2.75) is 6.61 Å². The van der Waals surface area contributed by atoms with Gasteiger partial charge in [-0.2, -0.15) is 0 Å². The summed E-state index contributed by atoms with van der Waals surface area (Å²) in [4.78, 5) is 26.4. The average Bonchev–Trinajstić information content (AvgIpc) is 2.52. The van der Waals surface area contributed by atoms with Crippen LogP contribution in [-0.2, 0) is 25.7 Å². The van der Waals surface area contributed by atoms with Crippen molar-refractivity contribution in [1.82, 2.24) is 0 Å². The van der Waals surface area contributed by atoms with E-state index < -0.39 is 24.4 Å². The highest BCUT2D eigenvalue weighted by molar-refractivity contribution is 6.00. The van der Waals surface area contributed by atoms with Crippen LogP contribution in [0.15, 0.2) is 47.5 Å². The second kappa shape index (κ2) is 7.23. The van der Waals surface area contributed by atoms with Crippen molar-refractivity contribution in [2.75, 3.05) is 13.2 Å². The number of carbonyl (C=O) groups excluding carboxylic acids is 1. The fourth-order valence-corrected chi connectivity index (χ4v) is 1.78. The standard InChI is InChI=1S/C15H15NO5/c17-13(18)9-16-14-12(7-4-8-20-14)15(19)21-10-11-5-2-1-3-6-11/h1-7,12H,8-10H2,(H,17,18). The highest BCUT2D eigenvalue weighted by Crippen LogP contribution is 2.13. The number of aliphatic carboxylic acids is 1. The van der Waals surface area contributed by atoms with Gasteiger partial charge in [-0.05, 0) is 11.6 Å². The Kier molecular flexibility index (Phi) is 5.09. The molecular weight excluding hydrogens is 274 g/mol. The summed E-state index contributed by atoms with van der Waals surface area (Å²) in [5, 5.41) is 8.62. The summed E-state index contributed by atoms with van der Waals surface area (Å²) < 4.78 is 10.4. The molecule has 6 nitrogen and oxygen atoms in total. The average molecular weight is 289 g/mol. The van der Waals surface area contributed by atoms with Crippen molar-refractivity contribution in [3.63, 3.8) is 0 Å². The molecule has 1 unspecified atom stereocenters. The Morgan fingerprint density at radius 1 is 1.33 bits per heavy atom. The quantitative estimate of drug-likeness (QED) is 0.654. The van der Waals surface area contributed by atoms with Gasteiger partial charge in [-0.3, -0.25) is 9.59 Å². The van der Waals surface area contributed by atoms with Gasteiger partial charge in [0.1, 0.15) is 19.8 Å². The Morgan fingerprint density at radius 3 is 2.81 bits per heavy atom. The van der Waals surface area contributed by atoms with E-state index in [1.807, 2.05) is 30.3 Å². The third-order valence-corrected chi connectivity index (χ3v) is 2.77.